The van der Waals surface area contributed by atoms with Crippen LogP contribution in [0.25, 0.3) is 10.9 Å². The largest absolute Gasteiger partial charge is 0.343 e. The van der Waals surface area contributed by atoms with Gasteiger partial charge < -0.3 is 4.57 Å². The maximum atomic E-state index is 13.4. The quantitative estimate of drug-likeness (QED) is 0.682. The average molecular weight is 329 g/mol. The standard InChI is InChI=1S/C16H10BrFN2/c17-14-2-4-16-11(7-14)5-6-20(16)10-13-8-15(18)3-1-12(13)9-19/h1-8H,10H2. The molecule has 20 heavy (non-hydrogen) atoms. The van der Waals surface area contributed by atoms with Gasteiger partial charge in [0.05, 0.1) is 11.6 Å². The topological polar surface area (TPSA) is 28.7 Å². The number of nitriles is 1. The van der Waals surface area contributed by atoms with Crippen LogP contribution in [0.2, 0.25) is 0 Å². The molecule has 98 valence electrons. The van der Waals surface area contributed by atoms with Crippen molar-refractivity contribution in [3.05, 3.63) is 70.1 Å². The molecule has 3 aromatic rings. The maximum Gasteiger partial charge on any atom is 0.123 e. The Bertz CT molecular complexity index is 830. The number of aromatic nitrogens is 1. The molecule has 0 saturated carbocycles. The number of halogens is 2. The number of benzene rings is 2. The van der Waals surface area contributed by atoms with Gasteiger partial charge in [0.15, 0.2) is 0 Å². The van der Waals surface area contributed by atoms with Crippen molar-refractivity contribution in [1.82, 2.24) is 4.57 Å². The monoisotopic (exact) mass is 328 g/mol. The summed E-state index contributed by atoms with van der Waals surface area (Å²) in [5, 5.41) is 10.2. The molecule has 1 aromatic heterocycles. The zero-order valence-electron chi connectivity index (χ0n) is 10.5. The fraction of sp³-hybridized carbons (Fsp3) is 0.0625. The van der Waals surface area contributed by atoms with Gasteiger partial charge in [0.1, 0.15) is 5.82 Å². The molecule has 0 spiro atoms. The van der Waals surface area contributed by atoms with Crippen LogP contribution in [0.5, 0.6) is 0 Å². The highest BCUT2D eigenvalue weighted by Crippen LogP contribution is 2.22. The highest BCUT2D eigenvalue weighted by atomic mass is 79.9. The Morgan fingerprint density at radius 2 is 2.00 bits per heavy atom. The minimum absolute atomic E-state index is 0.321. The molecule has 0 aliphatic rings. The molecule has 2 aromatic carbocycles. The van der Waals surface area contributed by atoms with E-state index in [1.54, 1.807) is 0 Å². The predicted octanol–water partition coefficient (Wildman–Crippen LogP) is 4.46. The molecule has 0 unspecified atom stereocenters. The second-order valence-electron chi connectivity index (χ2n) is 4.56. The van der Waals surface area contributed by atoms with Crippen LogP contribution < -0.4 is 0 Å². The van der Waals surface area contributed by atoms with Gasteiger partial charge in [0.25, 0.3) is 0 Å². The number of hydrogen-bond donors (Lipinski definition) is 0. The maximum absolute atomic E-state index is 13.4. The van der Waals surface area contributed by atoms with Gasteiger partial charge in [-0.1, -0.05) is 15.9 Å². The van der Waals surface area contributed by atoms with Crippen LogP contribution >= 0.6 is 15.9 Å². The zero-order valence-corrected chi connectivity index (χ0v) is 12.1. The summed E-state index contributed by atoms with van der Waals surface area (Å²) in [4.78, 5) is 0. The minimum Gasteiger partial charge on any atom is -0.343 e. The Morgan fingerprint density at radius 1 is 1.15 bits per heavy atom. The van der Waals surface area contributed by atoms with Gasteiger partial charge in [-0.15, -0.1) is 0 Å². The first kappa shape index (κ1) is 12.9. The molecule has 0 aliphatic carbocycles. The molecule has 1 heterocycles. The molecule has 4 heteroatoms. The highest BCUT2D eigenvalue weighted by molar-refractivity contribution is 9.10. The Hall–Kier alpha value is -2.12. The van der Waals surface area contributed by atoms with Crippen molar-refractivity contribution < 1.29 is 4.39 Å². The van der Waals surface area contributed by atoms with E-state index < -0.39 is 0 Å². The third-order valence-electron chi connectivity index (χ3n) is 3.26. The number of hydrogen-bond acceptors (Lipinski definition) is 1. The Kier molecular flexibility index (Phi) is 3.29. The molecule has 0 saturated heterocycles. The van der Waals surface area contributed by atoms with Gasteiger partial charge in [-0.2, -0.15) is 5.26 Å². The van der Waals surface area contributed by atoms with Crippen LogP contribution in [0, 0.1) is 17.1 Å². The van der Waals surface area contributed by atoms with Crippen LogP contribution in [0.15, 0.2) is 53.1 Å². The molecule has 0 N–H and O–H groups in total. The van der Waals surface area contributed by atoms with Gasteiger partial charge in [0.2, 0.25) is 0 Å². The van der Waals surface area contributed by atoms with Crippen molar-refractivity contribution in [1.29, 1.82) is 5.26 Å². The van der Waals surface area contributed by atoms with Gasteiger partial charge in [-0.25, -0.2) is 4.39 Å². The van der Waals surface area contributed by atoms with Crippen molar-refractivity contribution in [3.63, 3.8) is 0 Å². The summed E-state index contributed by atoms with van der Waals surface area (Å²) < 4.78 is 16.4. The number of nitrogens with zero attached hydrogens (tertiary/aromatic N) is 2. The van der Waals surface area contributed by atoms with Crippen LogP contribution in [-0.4, -0.2) is 4.57 Å². The molecule has 2 nitrogen and oxygen atoms in total. The smallest absolute Gasteiger partial charge is 0.123 e. The van der Waals surface area contributed by atoms with E-state index in [2.05, 4.69) is 22.0 Å². The normalized spacial score (nSPS) is 10.7. The lowest BCUT2D eigenvalue weighted by Crippen LogP contribution is -2.01. The van der Waals surface area contributed by atoms with E-state index in [1.165, 1.54) is 18.2 Å². The first-order chi connectivity index (χ1) is 9.67. The highest BCUT2D eigenvalue weighted by Gasteiger charge is 2.07. The SMILES string of the molecule is N#Cc1ccc(F)cc1Cn1ccc2cc(Br)ccc21. The van der Waals surface area contributed by atoms with Crippen molar-refractivity contribution >= 4 is 26.8 Å². The summed E-state index contributed by atoms with van der Waals surface area (Å²) in [7, 11) is 0. The van der Waals surface area contributed by atoms with Gasteiger partial charge in [0, 0.05) is 28.1 Å². The van der Waals surface area contributed by atoms with Crippen molar-refractivity contribution in [3.8, 4) is 6.07 Å². The van der Waals surface area contributed by atoms with Crippen molar-refractivity contribution in [2.75, 3.05) is 0 Å². The van der Waals surface area contributed by atoms with Gasteiger partial charge in [-0.05, 0) is 48.0 Å². The lowest BCUT2D eigenvalue weighted by molar-refractivity contribution is 0.623. The summed E-state index contributed by atoms with van der Waals surface area (Å²) in [5.41, 5.74) is 2.25. The second kappa shape index (κ2) is 5.10. The lowest BCUT2D eigenvalue weighted by atomic mass is 10.1. The Morgan fingerprint density at radius 3 is 2.80 bits per heavy atom. The van der Waals surface area contributed by atoms with Gasteiger partial charge >= 0.3 is 0 Å². The van der Waals surface area contributed by atoms with Crippen molar-refractivity contribution in [2.24, 2.45) is 0 Å². The molecular weight excluding hydrogens is 319 g/mol. The average Bonchev–Trinajstić information content (AvgIpc) is 2.81. The van der Waals surface area contributed by atoms with E-state index in [0.29, 0.717) is 17.7 Å². The molecule has 0 atom stereocenters. The summed E-state index contributed by atoms with van der Waals surface area (Å²) in [6.07, 6.45) is 1.95. The van der Waals surface area contributed by atoms with E-state index in [1.807, 2.05) is 35.0 Å². The summed E-state index contributed by atoms with van der Waals surface area (Å²) in [6.45, 7) is 0.478. The first-order valence-electron chi connectivity index (χ1n) is 6.10. The molecule has 0 fully saturated rings. The second-order valence-corrected chi connectivity index (χ2v) is 5.48. The third-order valence-corrected chi connectivity index (χ3v) is 3.75. The molecule has 0 radical (unpaired) electrons. The van der Waals surface area contributed by atoms with E-state index in [9.17, 15) is 4.39 Å². The van der Waals surface area contributed by atoms with E-state index >= 15 is 0 Å². The summed E-state index contributed by atoms with van der Waals surface area (Å²) >= 11 is 3.44. The minimum atomic E-state index is -0.321. The fourth-order valence-electron chi connectivity index (χ4n) is 2.29. The molecule has 3 rings (SSSR count). The van der Waals surface area contributed by atoms with E-state index in [-0.39, 0.29) is 5.82 Å². The molecule has 0 amide bonds. The van der Waals surface area contributed by atoms with E-state index in [0.717, 1.165) is 15.4 Å². The van der Waals surface area contributed by atoms with Gasteiger partial charge in [-0.3, -0.25) is 0 Å². The first-order valence-corrected chi connectivity index (χ1v) is 6.89. The molecule has 0 bridgehead atoms. The predicted molar refractivity (Wildman–Crippen MR) is 79.9 cm³/mol. The molecule has 0 aliphatic heterocycles. The lowest BCUT2D eigenvalue weighted by Gasteiger charge is -2.08. The molecular formula is C16H10BrFN2. The fourth-order valence-corrected chi connectivity index (χ4v) is 2.67. The third kappa shape index (κ3) is 2.33. The van der Waals surface area contributed by atoms with Crippen LogP contribution in [-0.2, 0) is 6.54 Å². The van der Waals surface area contributed by atoms with Crippen molar-refractivity contribution in [2.45, 2.75) is 6.54 Å². The summed E-state index contributed by atoms with van der Waals surface area (Å²) in [5.74, 6) is -0.321. The Labute approximate surface area is 124 Å². The Balaban J connectivity index is 2.06. The van der Waals surface area contributed by atoms with Crippen LogP contribution in [0.4, 0.5) is 4.39 Å². The van der Waals surface area contributed by atoms with Crippen LogP contribution in [0.1, 0.15) is 11.1 Å². The van der Waals surface area contributed by atoms with Crippen LogP contribution in [0.3, 0.4) is 0 Å². The zero-order chi connectivity index (χ0) is 14.1. The van der Waals surface area contributed by atoms with E-state index in [4.69, 9.17) is 5.26 Å². The summed E-state index contributed by atoms with van der Waals surface area (Å²) in [6, 6.07) is 14.4. The number of rotatable bonds is 2. The number of fused-ring (bicyclic) bond motifs is 1.